The van der Waals surface area contributed by atoms with Crippen molar-refractivity contribution in [1.82, 2.24) is 4.90 Å². The number of halogens is 2. The van der Waals surface area contributed by atoms with Crippen molar-refractivity contribution in [2.24, 2.45) is 0 Å². The van der Waals surface area contributed by atoms with Gasteiger partial charge in [-0.1, -0.05) is 23.2 Å². The number of nitro benzene ring substituents is 1. The number of hydrogen-bond acceptors (Lipinski definition) is 4. The highest BCUT2D eigenvalue weighted by Crippen LogP contribution is 2.23. The van der Waals surface area contributed by atoms with Crippen LogP contribution in [0.15, 0.2) is 42.5 Å². The van der Waals surface area contributed by atoms with E-state index in [0.29, 0.717) is 17.3 Å². The van der Waals surface area contributed by atoms with Crippen LogP contribution in [0.25, 0.3) is 0 Å². The van der Waals surface area contributed by atoms with E-state index in [1.807, 2.05) is 0 Å². The summed E-state index contributed by atoms with van der Waals surface area (Å²) >= 11 is 11.8. The summed E-state index contributed by atoms with van der Waals surface area (Å²) in [6.07, 6.45) is 0. The summed E-state index contributed by atoms with van der Waals surface area (Å²) in [5.41, 5.74) is -0.103. The van der Waals surface area contributed by atoms with Crippen LogP contribution in [0.2, 0.25) is 10.0 Å². The minimum atomic E-state index is -0.573. The van der Waals surface area contributed by atoms with E-state index in [9.17, 15) is 14.9 Å². The van der Waals surface area contributed by atoms with Gasteiger partial charge < -0.3 is 9.64 Å². The van der Waals surface area contributed by atoms with Crippen LogP contribution in [0.5, 0.6) is 5.75 Å². The Morgan fingerprint density at radius 2 is 1.88 bits per heavy atom. The number of nitro groups is 1. The minimum absolute atomic E-state index is 0.0832. The fourth-order valence-electron chi connectivity index (χ4n) is 1.93. The van der Waals surface area contributed by atoms with Crippen molar-refractivity contribution in [3.63, 3.8) is 0 Å². The number of nitrogens with zero attached hydrogens (tertiary/aromatic N) is 2. The Morgan fingerprint density at radius 3 is 2.50 bits per heavy atom. The number of carbonyl (C=O) groups is 1. The number of ether oxygens (including phenoxy) is 1. The van der Waals surface area contributed by atoms with Gasteiger partial charge in [-0.05, 0) is 30.3 Å². The van der Waals surface area contributed by atoms with Gasteiger partial charge in [0.15, 0.2) is 0 Å². The maximum atomic E-state index is 12.4. The molecule has 0 bridgehead atoms. The molecule has 0 aromatic heterocycles. The fourth-order valence-corrected chi connectivity index (χ4v) is 2.25. The van der Waals surface area contributed by atoms with Gasteiger partial charge in [0.25, 0.3) is 11.6 Å². The second-order valence-corrected chi connectivity index (χ2v) is 5.79. The molecule has 2 aromatic rings. The van der Waals surface area contributed by atoms with Gasteiger partial charge >= 0.3 is 0 Å². The minimum Gasteiger partial charge on any atom is -0.492 e. The van der Waals surface area contributed by atoms with Gasteiger partial charge in [-0.15, -0.1) is 0 Å². The van der Waals surface area contributed by atoms with Crippen molar-refractivity contribution in [2.45, 2.75) is 0 Å². The summed E-state index contributed by atoms with van der Waals surface area (Å²) in [5.74, 6) is 0.219. The Bertz CT molecular complexity index is 750. The average Bonchev–Trinajstić information content (AvgIpc) is 2.56. The van der Waals surface area contributed by atoms with Crippen LogP contribution < -0.4 is 4.74 Å². The Balaban J connectivity index is 1.98. The zero-order valence-corrected chi connectivity index (χ0v) is 14.3. The van der Waals surface area contributed by atoms with E-state index >= 15 is 0 Å². The van der Waals surface area contributed by atoms with Gasteiger partial charge in [-0.2, -0.15) is 0 Å². The lowest BCUT2D eigenvalue weighted by molar-refractivity contribution is -0.384. The van der Waals surface area contributed by atoms with E-state index in [1.165, 1.54) is 23.1 Å². The number of likely N-dealkylation sites (N-methyl/N-ethyl adjacent to an activating group) is 1. The van der Waals surface area contributed by atoms with Crippen LogP contribution in [0.3, 0.4) is 0 Å². The van der Waals surface area contributed by atoms with E-state index in [2.05, 4.69) is 0 Å². The van der Waals surface area contributed by atoms with Gasteiger partial charge in [0.1, 0.15) is 12.4 Å². The third-order valence-electron chi connectivity index (χ3n) is 3.25. The highest BCUT2D eigenvalue weighted by atomic mass is 35.5. The Kier molecular flexibility index (Phi) is 6.00. The first-order valence-electron chi connectivity index (χ1n) is 6.96. The van der Waals surface area contributed by atoms with E-state index in [0.717, 1.165) is 0 Å². The summed E-state index contributed by atoms with van der Waals surface area (Å²) in [4.78, 5) is 24.0. The number of rotatable bonds is 6. The van der Waals surface area contributed by atoms with E-state index < -0.39 is 10.8 Å². The second kappa shape index (κ2) is 7.99. The van der Waals surface area contributed by atoms with Crippen LogP contribution >= 0.6 is 23.2 Å². The normalized spacial score (nSPS) is 10.3. The molecule has 0 aliphatic carbocycles. The molecule has 1 amide bonds. The molecule has 0 unspecified atom stereocenters. The molecule has 0 fully saturated rings. The number of amides is 1. The number of non-ortho nitro benzene ring substituents is 1. The first-order valence-corrected chi connectivity index (χ1v) is 7.72. The maximum absolute atomic E-state index is 12.4. The van der Waals surface area contributed by atoms with Crippen LogP contribution in [0.4, 0.5) is 5.69 Å². The molecule has 126 valence electrons. The zero-order valence-electron chi connectivity index (χ0n) is 12.7. The molecular weight excluding hydrogens is 355 g/mol. The molecule has 2 rings (SSSR count). The summed E-state index contributed by atoms with van der Waals surface area (Å²) in [7, 11) is 1.57. The third-order valence-corrected chi connectivity index (χ3v) is 3.83. The van der Waals surface area contributed by atoms with Gasteiger partial charge in [-0.25, -0.2) is 0 Å². The highest BCUT2D eigenvalue weighted by Gasteiger charge is 2.19. The van der Waals surface area contributed by atoms with Gasteiger partial charge in [0, 0.05) is 24.2 Å². The van der Waals surface area contributed by atoms with Gasteiger partial charge in [-0.3, -0.25) is 14.9 Å². The molecule has 0 aliphatic rings. The maximum Gasteiger partial charge on any atom is 0.270 e. The van der Waals surface area contributed by atoms with Gasteiger partial charge in [0.05, 0.1) is 22.1 Å². The lowest BCUT2D eigenvalue weighted by atomic mass is 10.2. The molecule has 0 saturated heterocycles. The second-order valence-electron chi connectivity index (χ2n) is 4.95. The Labute approximate surface area is 148 Å². The molecule has 0 spiro atoms. The molecule has 24 heavy (non-hydrogen) atoms. The zero-order chi connectivity index (χ0) is 17.7. The average molecular weight is 369 g/mol. The van der Waals surface area contributed by atoms with Crippen molar-refractivity contribution in [2.75, 3.05) is 20.2 Å². The van der Waals surface area contributed by atoms with E-state index in [-0.39, 0.29) is 22.9 Å². The quantitative estimate of drug-likeness (QED) is 0.569. The van der Waals surface area contributed by atoms with Crippen molar-refractivity contribution >= 4 is 34.8 Å². The van der Waals surface area contributed by atoms with E-state index in [1.54, 1.807) is 31.3 Å². The molecule has 0 aliphatic heterocycles. The summed E-state index contributed by atoms with van der Waals surface area (Å²) < 4.78 is 5.52. The van der Waals surface area contributed by atoms with Crippen LogP contribution in [-0.2, 0) is 0 Å². The Hall–Kier alpha value is -2.31. The molecule has 0 heterocycles. The van der Waals surface area contributed by atoms with Crippen LogP contribution in [0, 0.1) is 10.1 Å². The summed E-state index contributed by atoms with van der Waals surface area (Å²) in [6.45, 7) is 0.552. The highest BCUT2D eigenvalue weighted by molar-refractivity contribution is 6.34. The monoisotopic (exact) mass is 368 g/mol. The predicted octanol–water partition coefficient (Wildman–Crippen LogP) is 4.05. The van der Waals surface area contributed by atoms with E-state index in [4.69, 9.17) is 27.9 Å². The summed E-state index contributed by atoms with van der Waals surface area (Å²) in [5, 5.41) is 11.6. The standard InChI is InChI=1S/C16H14Cl2N2O4/c1-19(8-9-24-13-5-2-11(17)3-6-13)16(21)14-10-12(20(22)23)4-7-15(14)18/h2-7,10H,8-9H2,1H3. The first-order chi connectivity index (χ1) is 11.4. The van der Waals surface area contributed by atoms with Crippen LogP contribution in [0.1, 0.15) is 10.4 Å². The van der Waals surface area contributed by atoms with Crippen molar-refractivity contribution < 1.29 is 14.5 Å². The Morgan fingerprint density at radius 1 is 1.21 bits per heavy atom. The third kappa shape index (κ3) is 4.59. The molecule has 0 N–H and O–H groups in total. The number of benzene rings is 2. The summed E-state index contributed by atoms with van der Waals surface area (Å²) in [6, 6.07) is 10.6. The van der Waals surface area contributed by atoms with Crippen molar-refractivity contribution in [3.05, 3.63) is 68.2 Å². The predicted molar refractivity (Wildman–Crippen MR) is 92.0 cm³/mol. The van der Waals surface area contributed by atoms with Crippen molar-refractivity contribution in [1.29, 1.82) is 0 Å². The van der Waals surface area contributed by atoms with Crippen molar-refractivity contribution in [3.8, 4) is 5.75 Å². The largest absolute Gasteiger partial charge is 0.492 e. The lowest BCUT2D eigenvalue weighted by Crippen LogP contribution is -2.31. The molecule has 0 saturated carbocycles. The SMILES string of the molecule is CN(CCOc1ccc(Cl)cc1)C(=O)c1cc([N+](=O)[O-])ccc1Cl. The molecule has 0 atom stereocenters. The van der Waals surface area contributed by atoms with Gasteiger partial charge in [0.2, 0.25) is 0 Å². The fraction of sp³-hybridized carbons (Fsp3) is 0.188. The molecule has 2 aromatic carbocycles. The smallest absolute Gasteiger partial charge is 0.270 e. The molecule has 8 heteroatoms. The first kappa shape index (κ1) is 18.0. The molecule has 0 radical (unpaired) electrons. The molecular formula is C16H14Cl2N2O4. The number of hydrogen-bond donors (Lipinski definition) is 0. The lowest BCUT2D eigenvalue weighted by Gasteiger charge is -2.18. The van der Waals surface area contributed by atoms with Crippen LogP contribution in [-0.4, -0.2) is 35.9 Å². The number of carbonyl (C=O) groups excluding carboxylic acids is 1. The topological polar surface area (TPSA) is 72.7 Å². The molecule has 6 nitrogen and oxygen atoms in total.